The number of hydrogen-bond donors (Lipinski definition) is 1. The maximum absolute atomic E-state index is 12.2. The Bertz CT molecular complexity index is 1190. The lowest BCUT2D eigenvalue weighted by Gasteiger charge is -2.51. The molecule has 1 N–H and O–H groups in total. The lowest BCUT2D eigenvalue weighted by molar-refractivity contribution is -0.337. The van der Waals surface area contributed by atoms with Gasteiger partial charge >= 0.3 is 12.1 Å². The van der Waals surface area contributed by atoms with E-state index in [2.05, 4.69) is 50.8 Å². The molecule has 13 nitrogen and oxygen atoms in total. The maximum Gasteiger partial charge on any atom is 0.373 e. The molecule has 46 heavy (non-hydrogen) atoms. The van der Waals surface area contributed by atoms with Crippen LogP contribution < -0.4 is 0 Å². The minimum absolute atomic E-state index is 0.0749. The molecule has 2 saturated heterocycles. The van der Waals surface area contributed by atoms with Crippen LogP contribution in [0.5, 0.6) is 0 Å². The maximum atomic E-state index is 12.2. The van der Waals surface area contributed by atoms with Gasteiger partial charge in [0.05, 0.1) is 31.0 Å². The number of rotatable bonds is 12. The summed E-state index contributed by atoms with van der Waals surface area (Å²) in [6.07, 6.45) is -5.70. The van der Waals surface area contributed by atoms with Gasteiger partial charge in [-0.1, -0.05) is 77.0 Å². The molecule has 4 unspecified atom stereocenters. The van der Waals surface area contributed by atoms with Crippen molar-refractivity contribution in [3.8, 4) is 0 Å². The van der Waals surface area contributed by atoms with Crippen LogP contribution in [0, 0.1) is 11.8 Å². The molecule has 0 aromatic heterocycles. The van der Waals surface area contributed by atoms with Crippen LogP contribution in [0.4, 0.5) is 0 Å². The number of esters is 1. The van der Waals surface area contributed by atoms with Gasteiger partial charge in [-0.3, -0.25) is 4.79 Å². The number of hydrogen-bond acceptors (Lipinski definition) is 11. The van der Waals surface area contributed by atoms with Gasteiger partial charge in [0.25, 0.3) is 0 Å². The highest BCUT2D eigenvalue weighted by atomic mass is 28.4. The molecule has 0 saturated carbocycles. The first kappa shape index (κ1) is 39.5. The lowest BCUT2D eigenvalue weighted by Crippen LogP contribution is -2.63. The van der Waals surface area contributed by atoms with E-state index < -0.39 is 69.5 Å². The third-order valence-corrected chi connectivity index (χ3v) is 14.1. The van der Waals surface area contributed by atoms with Gasteiger partial charge < -0.3 is 33.2 Å². The second kappa shape index (κ2) is 17.5. The van der Waals surface area contributed by atoms with Gasteiger partial charge in [0.15, 0.2) is 27.0 Å². The van der Waals surface area contributed by atoms with Gasteiger partial charge in [-0.25, -0.2) is 0 Å². The summed E-state index contributed by atoms with van der Waals surface area (Å²) in [5, 5.41) is 15.1. The fraction of sp³-hybridized carbons (Fsp3) is 0.750. The first-order valence-electron chi connectivity index (χ1n) is 15.7. The number of aliphatic hydroxyl groups is 1. The first-order chi connectivity index (χ1) is 21.6. The standard InChI is InChI=1S/C31H51N3O8Si.CO2/c1-11-23-26(19(4)24(33-34-32)29(40-23)42-43(9,10)31(7,8)18(2)3)41-30-28(39-21(6)35)27(25(36)20(5)38-30)37-17-22-15-13-12-14-16-22;2-1-3/h12-16,18-20,23-30,36H,11,17H2,1-10H3;/t19-,20?,23?,24?,25-,26+,27?,28+,29+,30+;/m1./s1. The van der Waals surface area contributed by atoms with Crippen molar-refractivity contribution in [3.63, 3.8) is 0 Å². The first-order valence-corrected chi connectivity index (χ1v) is 18.6. The quantitative estimate of drug-likeness (QED) is 0.0984. The number of aliphatic hydroxyl groups excluding tert-OH is 1. The number of ether oxygens (including phenoxy) is 5. The molecule has 258 valence electrons. The fourth-order valence-electron chi connectivity index (χ4n) is 5.63. The van der Waals surface area contributed by atoms with Crippen molar-refractivity contribution in [2.24, 2.45) is 17.0 Å². The highest BCUT2D eigenvalue weighted by molar-refractivity contribution is 6.74. The zero-order valence-corrected chi connectivity index (χ0v) is 29.6. The number of nitrogens with zero attached hydrogens (tertiary/aromatic N) is 3. The average molecular weight is 666 g/mol. The molecule has 2 aliphatic rings. The molecule has 2 fully saturated rings. The van der Waals surface area contributed by atoms with E-state index in [4.69, 9.17) is 37.7 Å². The van der Waals surface area contributed by atoms with Crippen molar-refractivity contribution in [2.75, 3.05) is 0 Å². The largest absolute Gasteiger partial charge is 0.454 e. The Kier molecular flexibility index (Phi) is 15.0. The fourth-order valence-corrected chi connectivity index (χ4v) is 8.10. The Hall–Kier alpha value is -2.64. The van der Waals surface area contributed by atoms with E-state index in [0.29, 0.717) is 12.3 Å². The van der Waals surface area contributed by atoms with E-state index in [1.54, 1.807) is 6.92 Å². The lowest BCUT2D eigenvalue weighted by atomic mass is 9.87. The van der Waals surface area contributed by atoms with Gasteiger partial charge in [-0.05, 0) is 54.4 Å². The topological polar surface area (TPSA) is 176 Å². The second-order valence-corrected chi connectivity index (χ2v) is 17.8. The molecule has 14 heteroatoms. The van der Waals surface area contributed by atoms with Crippen LogP contribution in [0.1, 0.15) is 67.4 Å². The molecule has 10 atom stereocenters. The monoisotopic (exact) mass is 665 g/mol. The van der Waals surface area contributed by atoms with Crippen LogP contribution in [0.3, 0.4) is 0 Å². The van der Waals surface area contributed by atoms with E-state index in [0.717, 1.165) is 5.56 Å². The number of benzene rings is 1. The van der Waals surface area contributed by atoms with E-state index >= 15 is 0 Å². The molecule has 1 aromatic carbocycles. The Morgan fingerprint density at radius 1 is 1.11 bits per heavy atom. The molecule has 0 spiro atoms. The van der Waals surface area contributed by atoms with Crippen molar-refractivity contribution in [3.05, 3.63) is 46.3 Å². The third kappa shape index (κ3) is 9.69. The van der Waals surface area contributed by atoms with Crippen LogP contribution in [0.25, 0.3) is 10.4 Å². The Morgan fingerprint density at radius 2 is 1.72 bits per heavy atom. The molecule has 2 heterocycles. The van der Waals surface area contributed by atoms with Crippen molar-refractivity contribution >= 4 is 20.4 Å². The predicted octanol–water partition coefficient (Wildman–Crippen LogP) is 5.52. The number of carbonyl (C=O) groups excluding carboxylic acids is 3. The molecule has 0 amide bonds. The van der Waals surface area contributed by atoms with E-state index in [9.17, 15) is 15.4 Å². The summed E-state index contributed by atoms with van der Waals surface area (Å²) >= 11 is 0. The summed E-state index contributed by atoms with van der Waals surface area (Å²) in [6.45, 7) is 20.3. The van der Waals surface area contributed by atoms with Gasteiger partial charge in [-0.15, -0.1) is 0 Å². The van der Waals surface area contributed by atoms with Crippen molar-refractivity contribution in [2.45, 2.75) is 142 Å². The number of carbonyl (C=O) groups is 1. The molecule has 3 rings (SSSR count). The molecule has 0 bridgehead atoms. The average Bonchev–Trinajstić information content (AvgIpc) is 2.98. The normalized spacial score (nSPS) is 31.6. The molecule has 2 aliphatic heterocycles. The summed E-state index contributed by atoms with van der Waals surface area (Å²) in [5.74, 6) is -0.515. The summed E-state index contributed by atoms with van der Waals surface area (Å²) < 4.78 is 37.8. The van der Waals surface area contributed by atoms with Crippen molar-refractivity contribution < 1.29 is 47.6 Å². The van der Waals surface area contributed by atoms with Gasteiger partial charge in [0.2, 0.25) is 0 Å². The molecule has 1 aromatic rings. The van der Waals surface area contributed by atoms with Gasteiger partial charge in [0, 0.05) is 11.8 Å². The minimum Gasteiger partial charge on any atom is -0.454 e. The minimum atomic E-state index is -2.36. The molecule has 0 radical (unpaired) electrons. The van der Waals surface area contributed by atoms with Crippen molar-refractivity contribution in [1.29, 1.82) is 0 Å². The highest BCUT2D eigenvalue weighted by Gasteiger charge is 2.53. The number of azide groups is 1. The summed E-state index contributed by atoms with van der Waals surface area (Å²) in [5.41, 5.74) is 10.4. The SMILES string of the molecule is CCC1O[C@@H](O[Si](C)(C)C(C)(C)C(C)C)C(N=[N+]=[N-])[C@@H](C)[C@@H]1O[C@@H]1OC(C)[C@@H](O)C(OCc2ccccc2)[C@@H]1OC(C)=O.O=C=O. The van der Waals surface area contributed by atoms with Crippen LogP contribution in [0.2, 0.25) is 18.1 Å². The molecule has 0 aliphatic carbocycles. The zero-order chi connectivity index (χ0) is 34.8. The Balaban J connectivity index is 0.00000236. The van der Waals surface area contributed by atoms with Gasteiger partial charge in [-0.2, -0.15) is 9.59 Å². The third-order valence-electron chi connectivity index (χ3n) is 9.64. The van der Waals surface area contributed by atoms with E-state index in [1.807, 2.05) is 44.2 Å². The summed E-state index contributed by atoms with van der Waals surface area (Å²) in [7, 11) is -2.36. The Labute approximate surface area is 273 Å². The van der Waals surface area contributed by atoms with Crippen LogP contribution >= 0.6 is 0 Å². The zero-order valence-electron chi connectivity index (χ0n) is 28.6. The van der Waals surface area contributed by atoms with Crippen LogP contribution in [0.15, 0.2) is 35.4 Å². The second-order valence-electron chi connectivity index (χ2n) is 13.2. The molecular weight excluding hydrogens is 614 g/mol. The van der Waals surface area contributed by atoms with E-state index in [-0.39, 0.29) is 23.7 Å². The van der Waals surface area contributed by atoms with E-state index in [1.165, 1.54) is 6.92 Å². The smallest absolute Gasteiger partial charge is 0.373 e. The van der Waals surface area contributed by atoms with Gasteiger partial charge in [0.1, 0.15) is 12.2 Å². The highest BCUT2D eigenvalue weighted by Crippen LogP contribution is 2.47. The van der Waals surface area contributed by atoms with Crippen LogP contribution in [-0.4, -0.2) is 80.8 Å². The summed E-state index contributed by atoms with van der Waals surface area (Å²) in [6, 6.07) is 8.87. The molecular formula is C32H51N3O10Si. The Morgan fingerprint density at radius 3 is 2.24 bits per heavy atom. The predicted molar refractivity (Wildman–Crippen MR) is 169 cm³/mol. The summed E-state index contributed by atoms with van der Waals surface area (Å²) in [4.78, 5) is 31.6. The van der Waals surface area contributed by atoms with Crippen LogP contribution in [-0.2, 0) is 49.1 Å². The van der Waals surface area contributed by atoms with Crippen molar-refractivity contribution in [1.82, 2.24) is 0 Å².